The molecule has 12 aromatic rings. The molecule has 0 saturated heterocycles. The van der Waals surface area contributed by atoms with Crippen LogP contribution in [0, 0.1) is 0 Å². The van der Waals surface area contributed by atoms with Crippen molar-refractivity contribution in [1.82, 2.24) is 19.9 Å². The molecule has 59 heavy (non-hydrogen) atoms. The lowest BCUT2D eigenvalue weighted by Crippen LogP contribution is -2.00. The van der Waals surface area contributed by atoms with Gasteiger partial charge in [-0.25, -0.2) is 19.9 Å². The Balaban J connectivity index is 1.00. The minimum Gasteiger partial charge on any atom is -0.247 e. The van der Waals surface area contributed by atoms with Gasteiger partial charge in [0.15, 0.2) is 17.5 Å². The van der Waals surface area contributed by atoms with Crippen LogP contribution in [-0.2, 0) is 0 Å². The van der Waals surface area contributed by atoms with E-state index in [1.54, 1.807) is 0 Å². The van der Waals surface area contributed by atoms with E-state index in [1.165, 1.54) is 36.3 Å². The van der Waals surface area contributed by atoms with Gasteiger partial charge < -0.3 is 0 Å². The first-order valence-electron chi connectivity index (χ1n) is 19.8. The molecular formula is C54H32N4S. The third-order valence-electron chi connectivity index (χ3n) is 11.5. The van der Waals surface area contributed by atoms with Crippen LogP contribution in [0.4, 0.5) is 0 Å². The highest BCUT2D eigenvalue weighted by atomic mass is 32.1. The van der Waals surface area contributed by atoms with E-state index >= 15 is 0 Å². The van der Waals surface area contributed by atoms with Gasteiger partial charge in [-0.1, -0.05) is 158 Å². The standard InChI is InChI=1S/C54H32N4S/c1-2-12-36(13-3-1)51-44-27-29-48-50(43-16-8-9-17-47(43)59-48)49(44)45-32-40(26-28-46(45)55-51)35-18-22-37(23-19-35)52-56-53(41-24-20-33-10-4-6-14-38(33)30-41)58-54(57-52)42-25-21-34-11-5-7-15-39(34)31-42/h1-32H. The van der Waals surface area contributed by atoms with Crippen LogP contribution in [0.5, 0.6) is 0 Å². The molecule has 274 valence electrons. The van der Waals surface area contributed by atoms with E-state index in [2.05, 4.69) is 194 Å². The Kier molecular flexibility index (Phi) is 7.68. The van der Waals surface area contributed by atoms with E-state index in [0.29, 0.717) is 17.5 Å². The topological polar surface area (TPSA) is 51.6 Å². The minimum atomic E-state index is 0.631. The van der Waals surface area contributed by atoms with Crippen molar-refractivity contribution in [3.63, 3.8) is 0 Å². The summed E-state index contributed by atoms with van der Waals surface area (Å²) < 4.78 is 2.57. The molecule has 12 rings (SSSR count). The Bertz CT molecular complexity index is 3510. The first-order chi connectivity index (χ1) is 29.2. The molecule has 3 aromatic heterocycles. The summed E-state index contributed by atoms with van der Waals surface area (Å²) >= 11 is 1.85. The van der Waals surface area contributed by atoms with Crippen LogP contribution in [0.15, 0.2) is 194 Å². The van der Waals surface area contributed by atoms with Gasteiger partial charge in [0.2, 0.25) is 0 Å². The van der Waals surface area contributed by atoms with E-state index < -0.39 is 0 Å². The summed E-state index contributed by atoms with van der Waals surface area (Å²) in [6, 6.07) is 68.7. The molecule has 9 aromatic carbocycles. The number of aromatic nitrogens is 4. The maximum atomic E-state index is 5.31. The van der Waals surface area contributed by atoms with Gasteiger partial charge in [-0.3, -0.25) is 0 Å². The van der Waals surface area contributed by atoms with Gasteiger partial charge in [0.05, 0.1) is 11.2 Å². The molecule has 0 atom stereocenters. The van der Waals surface area contributed by atoms with Crippen molar-refractivity contribution in [1.29, 1.82) is 0 Å². The molecule has 0 aliphatic heterocycles. The van der Waals surface area contributed by atoms with Crippen LogP contribution < -0.4 is 0 Å². The lowest BCUT2D eigenvalue weighted by Gasteiger charge is -2.13. The smallest absolute Gasteiger partial charge is 0.164 e. The zero-order chi connectivity index (χ0) is 38.9. The first-order valence-corrected chi connectivity index (χ1v) is 20.6. The first kappa shape index (κ1) is 33.5. The highest BCUT2D eigenvalue weighted by Gasteiger charge is 2.18. The van der Waals surface area contributed by atoms with Gasteiger partial charge >= 0.3 is 0 Å². The molecule has 3 heterocycles. The fourth-order valence-corrected chi connectivity index (χ4v) is 9.65. The van der Waals surface area contributed by atoms with Crippen molar-refractivity contribution in [3.05, 3.63) is 194 Å². The van der Waals surface area contributed by atoms with E-state index in [9.17, 15) is 0 Å². The quantitative estimate of drug-likeness (QED) is 0.164. The summed E-state index contributed by atoms with van der Waals surface area (Å²) in [5.74, 6) is 1.92. The van der Waals surface area contributed by atoms with Gasteiger partial charge in [-0.15, -0.1) is 11.3 Å². The Morgan fingerprint density at radius 3 is 1.54 bits per heavy atom. The number of fused-ring (bicyclic) bond motifs is 9. The summed E-state index contributed by atoms with van der Waals surface area (Å²) in [6.07, 6.45) is 0. The Morgan fingerprint density at radius 1 is 0.288 bits per heavy atom. The zero-order valence-electron chi connectivity index (χ0n) is 31.7. The second-order valence-electron chi connectivity index (χ2n) is 15.0. The number of nitrogens with zero attached hydrogens (tertiary/aromatic N) is 4. The van der Waals surface area contributed by atoms with Crippen molar-refractivity contribution in [2.24, 2.45) is 0 Å². The monoisotopic (exact) mass is 768 g/mol. The van der Waals surface area contributed by atoms with Crippen molar-refractivity contribution in [3.8, 4) is 56.5 Å². The SMILES string of the molecule is c1ccc(-c2nc3ccc(-c4ccc(-c5nc(-c6ccc7ccccc7c6)nc(-c6ccc7ccccc7c6)n5)cc4)cc3c3c2ccc2sc4ccccc4c23)cc1. The van der Waals surface area contributed by atoms with Gasteiger partial charge in [0.25, 0.3) is 0 Å². The number of rotatable bonds is 5. The Labute approximate surface area is 343 Å². The molecule has 0 N–H and O–H groups in total. The highest BCUT2D eigenvalue weighted by Crippen LogP contribution is 2.44. The van der Waals surface area contributed by atoms with Crippen molar-refractivity contribution in [2.75, 3.05) is 0 Å². The van der Waals surface area contributed by atoms with Crippen LogP contribution in [0.1, 0.15) is 0 Å². The van der Waals surface area contributed by atoms with E-state index in [-0.39, 0.29) is 0 Å². The minimum absolute atomic E-state index is 0.631. The lowest BCUT2D eigenvalue weighted by atomic mass is 9.94. The molecule has 0 unspecified atom stereocenters. The van der Waals surface area contributed by atoms with Crippen molar-refractivity contribution in [2.45, 2.75) is 0 Å². The largest absolute Gasteiger partial charge is 0.247 e. The van der Waals surface area contributed by atoms with Crippen LogP contribution in [0.3, 0.4) is 0 Å². The van der Waals surface area contributed by atoms with E-state index in [0.717, 1.165) is 66.1 Å². The molecule has 0 radical (unpaired) electrons. The maximum Gasteiger partial charge on any atom is 0.164 e. The summed E-state index contributed by atoms with van der Waals surface area (Å²) in [5.41, 5.74) is 8.16. The van der Waals surface area contributed by atoms with Crippen LogP contribution in [0.25, 0.3) is 120 Å². The predicted octanol–water partition coefficient (Wildman–Crippen LogP) is 14.6. The molecule has 5 heteroatoms. The molecular weight excluding hydrogens is 737 g/mol. The second-order valence-corrected chi connectivity index (χ2v) is 16.1. The number of pyridine rings is 1. The van der Waals surface area contributed by atoms with Gasteiger partial charge in [0, 0.05) is 58.6 Å². The van der Waals surface area contributed by atoms with E-state index in [4.69, 9.17) is 19.9 Å². The molecule has 4 nitrogen and oxygen atoms in total. The van der Waals surface area contributed by atoms with Gasteiger partial charge in [-0.05, 0) is 69.1 Å². The summed E-state index contributed by atoms with van der Waals surface area (Å²) in [6.45, 7) is 0. The lowest BCUT2D eigenvalue weighted by molar-refractivity contribution is 1.08. The fraction of sp³-hybridized carbons (Fsp3) is 0. The number of benzene rings is 9. The molecule has 0 amide bonds. The Morgan fingerprint density at radius 2 is 0.847 bits per heavy atom. The third-order valence-corrected chi connectivity index (χ3v) is 12.6. The van der Waals surface area contributed by atoms with Crippen LogP contribution in [-0.4, -0.2) is 19.9 Å². The van der Waals surface area contributed by atoms with Gasteiger partial charge in [-0.2, -0.15) is 0 Å². The maximum absolute atomic E-state index is 5.31. The molecule has 0 saturated carbocycles. The summed E-state index contributed by atoms with van der Waals surface area (Å²) in [7, 11) is 0. The van der Waals surface area contributed by atoms with E-state index in [1.807, 2.05) is 11.3 Å². The highest BCUT2D eigenvalue weighted by molar-refractivity contribution is 7.26. The van der Waals surface area contributed by atoms with Crippen LogP contribution in [0.2, 0.25) is 0 Å². The van der Waals surface area contributed by atoms with Gasteiger partial charge in [0.1, 0.15) is 0 Å². The number of hydrogen-bond acceptors (Lipinski definition) is 5. The second kappa shape index (κ2) is 13.5. The fourth-order valence-electron chi connectivity index (χ4n) is 8.54. The van der Waals surface area contributed by atoms with Crippen molar-refractivity contribution >= 4 is 74.7 Å². The third kappa shape index (κ3) is 5.74. The average molecular weight is 769 g/mol. The van der Waals surface area contributed by atoms with Crippen LogP contribution >= 0.6 is 11.3 Å². The molecule has 0 aliphatic carbocycles. The molecule has 0 fully saturated rings. The average Bonchev–Trinajstić information content (AvgIpc) is 3.70. The van der Waals surface area contributed by atoms with Crippen molar-refractivity contribution < 1.29 is 0 Å². The number of hydrogen-bond donors (Lipinski definition) is 0. The molecule has 0 spiro atoms. The molecule has 0 bridgehead atoms. The zero-order valence-corrected chi connectivity index (χ0v) is 32.5. The molecule has 0 aliphatic rings. The normalized spacial score (nSPS) is 11.7. The summed E-state index contributed by atoms with van der Waals surface area (Å²) in [4.78, 5) is 20.6. The Hall–Kier alpha value is -7.60. The number of thiophene rings is 1. The summed E-state index contributed by atoms with van der Waals surface area (Å²) in [5, 5.41) is 10.8. The predicted molar refractivity (Wildman–Crippen MR) is 248 cm³/mol.